The number of nitrogens with zero attached hydrogens (tertiary/aromatic N) is 3. The Morgan fingerprint density at radius 1 is 1.18 bits per heavy atom. The number of carbonyl (C=O) groups is 1. The molecule has 3 aromatic rings. The highest BCUT2D eigenvalue weighted by Gasteiger charge is 2.28. The third-order valence-electron chi connectivity index (χ3n) is 5.99. The van der Waals surface area contributed by atoms with Crippen LogP contribution in [-0.2, 0) is 32.6 Å². The maximum atomic E-state index is 13.1. The van der Waals surface area contributed by atoms with E-state index in [9.17, 15) is 9.90 Å². The zero-order valence-electron chi connectivity index (χ0n) is 19.4. The lowest BCUT2D eigenvalue weighted by molar-refractivity contribution is 0.0942. The molecule has 2 N–H and O–H groups in total. The van der Waals surface area contributed by atoms with Crippen LogP contribution < -0.4 is 14.8 Å². The van der Waals surface area contributed by atoms with E-state index in [4.69, 9.17) is 21.1 Å². The van der Waals surface area contributed by atoms with Crippen LogP contribution in [0.4, 0.5) is 0 Å². The van der Waals surface area contributed by atoms with E-state index in [1.807, 2.05) is 42.5 Å². The van der Waals surface area contributed by atoms with E-state index in [-0.39, 0.29) is 12.5 Å². The molecule has 2 heterocycles. The van der Waals surface area contributed by atoms with Gasteiger partial charge in [0.1, 0.15) is 0 Å². The molecule has 0 saturated carbocycles. The summed E-state index contributed by atoms with van der Waals surface area (Å²) < 4.78 is 12.5. The highest BCUT2D eigenvalue weighted by Crippen LogP contribution is 2.38. The number of carbonyl (C=O) groups excluding carboxylic acids is 1. The number of halogens is 1. The Hall–Kier alpha value is -3.07. The Morgan fingerprint density at radius 2 is 1.97 bits per heavy atom. The van der Waals surface area contributed by atoms with Gasteiger partial charge < -0.3 is 19.9 Å². The van der Waals surface area contributed by atoms with Crippen molar-refractivity contribution in [1.82, 2.24) is 20.0 Å². The third kappa shape index (κ3) is 5.04. The number of methoxy groups -OCH3 is 2. The summed E-state index contributed by atoms with van der Waals surface area (Å²) in [6.45, 7) is 2.67. The van der Waals surface area contributed by atoms with Gasteiger partial charge in [0.2, 0.25) is 0 Å². The second-order valence-corrected chi connectivity index (χ2v) is 8.50. The van der Waals surface area contributed by atoms with Gasteiger partial charge in [-0.2, -0.15) is 5.10 Å². The molecular formula is C25H29ClN4O4. The second-order valence-electron chi connectivity index (χ2n) is 8.12. The van der Waals surface area contributed by atoms with Crippen molar-refractivity contribution >= 4 is 17.5 Å². The Kier molecular flexibility index (Phi) is 7.72. The quantitative estimate of drug-likeness (QED) is 0.485. The lowest BCUT2D eigenvalue weighted by Gasteiger charge is -2.28. The average molecular weight is 485 g/mol. The van der Waals surface area contributed by atoms with Crippen LogP contribution in [0.15, 0.2) is 42.5 Å². The third-order valence-corrected chi connectivity index (χ3v) is 6.41. The molecular weight excluding hydrogens is 456 g/mol. The topological polar surface area (TPSA) is 88.9 Å². The van der Waals surface area contributed by atoms with E-state index in [1.165, 1.54) is 0 Å². The van der Waals surface area contributed by atoms with Gasteiger partial charge in [0.15, 0.2) is 17.2 Å². The number of nitrogens with one attached hydrogen (secondary N) is 1. The standard InChI is InChI=1S/C25H29ClN4O4/c1-33-21-9-8-18(22(26)24(21)34-2)15-29-11-10-20-19(16-29)23(28-30(20)12-13-31)25(32)27-14-17-6-4-3-5-7-17/h3-9,31H,10-16H2,1-2H3,(H,27,32). The molecule has 1 aliphatic heterocycles. The van der Waals surface area contributed by atoms with Gasteiger partial charge in [-0.3, -0.25) is 14.4 Å². The Balaban J connectivity index is 1.55. The highest BCUT2D eigenvalue weighted by atomic mass is 35.5. The predicted molar refractivity (Wildman–Crippen MR) is 129 cm³/mol. The summed E-state index contributed by atoms with van der Waals surface area (Å²) in [5.41, 5.74) is 4.22. The zero-order valence-corrected chi connectivity index (χ0v) is 20.1. The summed E-state index contributed by atoms with van der Waals surface area (Å²) in [5, 5.41) is 17.5. The summed E-state index contributed by atoms with van der Waals surface area (Å²) in [5.74, 6) is 0.874. The molecule has 1 amide bonds. The highest BCUT2D eigenvalue weighted by molar-refractivity contribution is 6.33. The number of aliphatic hydroxyl groups is 1. The zero-order chi connectivity index (χ0) is 24.1. The Morgan fingerprint density at radius 3 is 2.68 bits per heavy atom. The fourth-order valence-electron chi connectivity index (χ4n) is 4.30. The van der Waals surface area contributed by atoms with Crippen LogP contribution in [0.25, 0.3) is 0 Å². The van der Waals surface area contributed by atoms with Crippen molar-refractivity contribution in [3.8, 4) is 11.5 Å². The first-order valence-electron chi connectivity index (χ1n) is 11.2. The fourth-order valence-corrected chi connectivity index (χ4v) is 4.59. The van der Waals surface area contributed by atoms with Crippen LogP contribution in [-0.4, -0.2) is 53.1 Å². The smallest absolute Gasteiger partial charge is 0.272 e. The van der Waals surface area contributed by atoms with Crippen LogP contribution in [0.3, 0.4) is 0 Å². The Labute approximate surface area is 204 Å². The van der Waals surface area contributed by atoms with Crippen molar-refractivity contribution in [2.45, 2.75) is 32.6 Å². The molecule has 1 aliphatic rings. The summed E-state index contributed by atoms with van der Waals surface area (Å²) >= 11 is 6.60. The molecule has 34 heavy (non-hydrogen) atoms. The van der Waals surface area contributed by atoms with Crippen LogP contribution in [0.2, 0.25) is 5.02 Å². The Bertz CT molecular complexity index is 1150. The first kappa shape index (κ1) is 24.1. The molecule has 0 atom stereocenters. The van der Waals surface area contributed by atoms with E-state index >= 15 is 0 Å². The van der Waals surface area contributed by atoms with Crippen LogP contribution >= 0.6 is 11.6 Å². The number of rotatable bonds is 9. The van der Waals surface area contributed by atoms with Gasteiger partial charge in [-0.25, -0.2) is 0 Å². The lowest BCUT2D eigenvalue weighted by Crippen LogP contribution is -2.32. The molecule has 4 rings (SSSR count). The van der Waals surface area contributed by atoms with Gasteiger partial charge in [-0.15, -0.1) is 0 Å². The first-order chi connectivity index (χ1) is 16.5. The van der Waals surface area contributed by atoms with E-state index < -0.39 is 0 Å². The number of fused-ring (bicyclic) bond motifs is 1. The molecule has 9 heteroatoms. The van der Waals surface area contributed by atoms with Crippen molar-refractivity contribution < 1.29 is 19.4 Å². The van der Waals surface area contributed by atoms with E-state index in [2.05, 4.69) is 15.3 Å². The number of hydrogen-bond acceptors (Lipinski definition) is 6. The molecule has 0 fully saturated rings. The van der Waals surface area contributed by atoms with Crippen LogP contribution in [0, 0.1) is 0 Å². The maximum absolute atomic E-state index is 13.1. The molecule has 180 valence electrons. The number of benzene rings is 2. The molecule has 8 nitrogen and oxygen atoms in total. The van der Waals surface area contributed by atoms with Crippen molar-refractivity contribution in [3.05, 3.63) is 75.6 Å². The maximum Gasteiger partial charge on any atom is 0.272 e. The van der Waals surface area contributed by atoms with Crippen LogP contribution in [0.1, 0.15) is 32.9 Å². The molecule has 1 aromatic heterocycles. The SMILES string of the molecule is COc1ccc(CN2CCc3c(c(C(=O)NCc4ccccc4)nn3CCO)C2)c(Cl)c1OC. The monoisotopic (exact) mass is 484 g/mol. The van der Waals surface area contributed by atoms with Gasteiger partial charge in [0.05, 0.1) is 32.4 Å². The van der Waals surface area contributed by atoms with Crippen molar-refractivity contribution in [3.63, 3.8) is 0 Å². The normalized spacial score (nSPS) is 13.4. The average Bonchev–Trinajstić information content (AvgIpc) is 3.22. The van der Waals surface area contributed by atoms with Gasteiger partial charge in [-0.05, 0) is 17.2 Å². The lowest BCUT2D eigenvalue weighted by atomic mass is 10.0. The van der Waals surface area contributed by atoms with Crippen molar-refractivity contribution in [1.29, 1.82) is 0 Å². The van der Waals surface area contributed by atoms with Crippen molar-refractivity contribution in [2.24, 2.45) is 0 Å². The van der Waals surface area contributed by atoms with Crippen LogP contribution in [0.5, 0.6) is 11.5 Å². The number of amides is 1. The molecule has 0 radical (unpaired) electrons. The number of hydrogen-bond donors (Lipinski definition) is 2. The van der Waals surface area contributed by atoms with Crippen molar-refractivity contribution in [2.75, 3.05) is 27.4 Å². The second kappa shape index (κ2) is 10.9. The molecule has 0 bridgehead atoms. The molecule has 2 aromatic carbocycles. The number of aliphatic hydroxyl groups excluding tert-OH is 1. The van der Waals surface area contributed by atoms with E-state index in [1.54, 1.807) is 18.9 Å². The number of ether oxygens (including phenoxy) is 2. The molecule has 0 spiro atoms. The summed E-state index contributed by atoms with van der Waals surface area (Å²) in [6.07, 6.45) is 0.721. The first-order valence-corrected chi connectivity index (χ1v) is 11.6. The minimum Gasteiger partial charge on any atom is -0.493 e. The molecule has 0 unspecified atom stereocenters. The minimum absolute atomic E-state index is 0.0375. The van der Waals surface area contributed by atoms with Gasteiger partial charge >= 0.3 is 0 Å². The summed E-state index contributed by atoms with van der Waals surface area (Å²) in [6, 6.07) is 13.5. The number of aromatic nitrogens is 2. The van der Waals surface area contributed by atoms with Gasteiger partial charge in [0.25, 0.3) is 5.91 Å². The molecule has 0 saturated heterocycles. The van der Waals surface area contributed by atoms with E-state index in [0.29, 0.717) is 48.4 Å². The summed E-state index contributed by atoms with van der Waals surface area (Å²) in [7, 11) is 3.14. The largest absolute Gasteiger partial charge is 0.493 e. The van der Waals surface area contributed by atoms with E-state index in [0.717, 1.165) is 35.3 Å². The molecule has 0 aliphatic carbocycles. The summed E-state index contributed by atoms with van der Waals surface area (Å²) in [4.78, 5) is 15.3. The van der Waals surface area contributed by atoms with Gasteiger partial charge in [-0.1, -0.05) is 48.0 Å². The van der Waals surface area contributed by atoms with Gasteiger partial charge in [0, 0.05) is 43.9 Å². The predicted octanol–water partition coefficient (Wildman–Crippen LogP) is 3.03. The fraction of sp³-hybridized carbons (Fsp3) is 0.360. The minimum atomic E-state index is -0.220.